The molecule has 5 nitrogen and oxygen atoms in total. The molecule has 0 N–H and O–H groups in total. The minimum Gasteiger partial charge on any atom is -0.461 e. The van der Waals surface area contributed by atoms with Gasteiger partial charge in [0, 0.05) is 25.2 Å². The molecule has 0 aromatic carbocycles. The molecule has 1 heterocycles. The normalized spacial score (nSPS) is 12.1. The average molecular weight is 238 g/mol. The van der Waals surface area contributed by atoms with Crippen LogP contribution < -0.4 is 0 Å². The van der Waals surface area contributed by atoms with Crippen LogP contribution in [0.1, 0.15) is 32.5 Å². The van der Waals surface area contributed by atoms with E-state index in [0.29, 0.717) is 12.8 Å². The third kappa shape index (κ3) is 4.38. The van der Waals surface area contributed by atoms with Gasteiger partial charge in [-0.2, -0.15) is 0 Å². The molecule has 0 radical (unpaired) electrons. The van der Waals surface area contributed by atoms with Crippen LogP contribution in [0.25, 0.3) is 0 Å². The predicted molar refractivity (Wildman–Crippen MR) is 62.5 cm³/mol. The monoisotopic (exact) mass is 238 g/mol. The summed E-state index contributed by atoms with van der Waals surface area (Å²) in [6, 6.07) is 0. The van der Waals surface area contributed by atoms with Gasteiger partial charge in [-0.25, -0.2) is 4.98 Å². The van der Waals surface area contributed by atoms with Crippen molar-refractivity contribution in [3.8, 4) is 0 Å². The molecule has 1 unspecified atom stereocenters. The Hall–Kier alpha value is -1.65. The van der Waals surface area contributed by atoms with Crippen LogP contribution in [0.2, 0.25) is 0 Å². The summed E-state index contributed by atoms with van der Waals surface area (Å²) in [5, 5.41) is 0. The molecule has 0 aliphatic heterocycles. The first-order valence-electron chi connectivity index (χ1n) is 5.80. The number of ether oxygens (including phenoxy) is 1. The summed E-state index contributed by atoms with van der Waals surface area (Å²) >= 11 is 0. The van der Waals surface area contributed by atoms with Crippen LogP contribution in [0.15, 0.2) is 12.4 Å². The number of carbonyl (C=O) groups excluding carboxylic acids is 2. The van der Waals surface area contributed by atoms with Crippen LogP contribution >= 0.6 is 0 Å². The Bertz CT molecular complexity index is 374. The van der Waals surface area contributed by atoms with Gasteiger partial charge in [-0.15, -0.1) is 0 Å². The van der Waals surface area contributed by atoms with Crippen molar-refractivity contribution in [2.24, 2.45) is 0 Å². The summed E-state index contributed by atoms with van der Waals surface area (Å²) in [7, 11) is 0. The second-order valence-corrected chi connectivity index (χ2v) is 3.89. The van der Waals surface area contributed by atoms with Gasteiger partial charge in [0.25, 0.3) is 0 Å². The maximum atomic E-state index is 11.6. The van der Waals surface area contributed by atoms with E-state index in [9.17, 15) is 9.59 Å². The lowest BCUT2D eigenvalue weighted by molar-refractivity contribution is -0.149. The van der Waals surface area contributed by atoms with Gasteiger partial charge in [0.15, 0.2) is 0 Å². The number of hydrogen-bond acceptors (Lipinski definition) is 4. The van der Waals surface area contributed by atoms with Gasteiger partial charge in [0.2, 0.25) is 0 Å². The second kappa shape index (κ2) is 6.83. The highest BCUT2D eigenvalue weighted by Crippen LogP contribution is 2.03. The number of imidazole rings is 1. The van der Waals surface area contributed by atoms with Crippen LogP contribution in [0.5, 0.6) is 0 Å². The number of nitrogens with zero attached hydrogens (tertiary/aromatic N) is 2. The molecule has 0 spiro atoms. The Labute approximate surface area is 101 Å². The number of aromatic nitrogens is 2. The van der Waals surface area contributed by atoms with Crippen molar-refractivity contribution in [1.29, 1.82) is 0 Å². The van der Waals surface area contributed by atoms with E-state index < -0.39 is 0 Å². The van der Waals surface area contributed by atoms with E-state index in [1.165, 1.54) is 0 Å². The highest BCUT2D eigenvalue weighted by atomic mass is 16.5. The molecule has 0 aliphatic rings. The number of carbonyl (C=O) groups is 2. The molecule has 1 aromatic rings. The first-order valence-corrected chi connectivity index (χ1v) is 5.80. The molecular weight excluding hydrogens is 220 g/mol. The largest absolute Gasteiger partial charge is 0.461 e. The van der Waals surface area contributed by atoms with Crippen molar-refractivity contribution in [3.63, 3.8) is 0 Å². The Morgan fingerprint density at radius 1 is 1.65 bits per heavy atom. The van der Waals surface area contributed by atoms with Crippen LogP contribution in [-0.4, -0.2) is 27.9 Å². The molecule has 1 rings (SSSR count). The molecule has 0 fully saturated rings. The maximum Gasteiger partial charge on any atom is 0.326 e. The third-order valence-electron chi connectivity index (χ3n) is 2.49. The van der Waals surface area contributed by atoms with Crippen molar-refractivity contribution in [1.82, 2.24) is 9.55 Å². The highest BCUT2D eigenvalue weighted by Gasteiger charge is 2.11. The van der Waals surface area contributed by atoms with E-state index in [4.69, 9.17) is 4.74 Å². The third-order valence-corrected chi connectivity index (χ3v) is 2.49. The quantitative estimate of drug-likeness (QED) is 0.531. The van der Waals surface area contributed by atoms with Gasteiger partial charge in [-0.05, 0) is 13.3 Å². The van der Waals surface area contributed by atoms with Gasteiger partial charge in [0.1, 0.15) is 18.7 Å². The average Bonchev–Trinajstić information content (AvgIpc) is 2.73. The van der Waals surface area contributed by atoms with Gasteiger partial charge in [-0.1, -0.05) is 6.92 Å². The van der Waals surface area contributed by atoms with Gasteiger partial charge < -0.3 is 14.1 Å². The van der Waals surface area contributed by atoms with E-state index in [0.717, 1.165) is 18.5 Å². The summed E-state index contributed by atoms with van der Waals surface area (Å²) in [5.74, 6) is 0.461. The molecule has 0 saturated carbocycles. The van der Waals surface area contributed by atoms with Gasteiger partial charge in [0.05, 0.1) is 6.10 Å². The summed E-state index contributed by atoms with van der Waals surface area (Å²) in [6.07, 6.45) is 5.88. The molecule has 0 amide bonds. The minimum atomic E-state index is -0.273. The molecule has 1 aromatic heterocycles. The van der Waals surface area contributed by atoms with E-state index in [1.807, 2.05) is 13.8 Å². The molecule has 0 aliphatic carbocycles. The minimum absolute atomic E-state index is 0.0653. The second-order valence-electron chi connectivity index (χ2n) is 3.89. The van der Waals surface area contributed by atoms with Crippen LogP contribution in [0.3, 0.4) is 0 Å². The van der Waals surface area contributed by atoms with E-state index >= 15 is 0 Å². The Morgan fingerprint density at radius 3 is 3.06 bits per heavy atom. The molecule has 5 heteroatoms. The fourth-order valence-corrected chi connectivity index (χ4v) is 1.38. The molecule has 17 heavy (non-hydrogen) atoms. The lowest BCUT2D eigenvalue weighted by Gasteiger charge is -2.12. The van der Waals surface area contributed by atoms with E-state index in [2.05, 4.69) is 4.98 Å². The van der Waals surface area contributed by atoms with Crippen molar-refractivity contribution >= 4 is 12.3 Å². The van der Waals surface area contributed by atoms with Crippen LogP contribution in [0.4, 0.5) is 0 Å². The zero-order valence-corrected chi connectivity index (χ0v) is 10.3. The topological polar surface area (TPSA) is 61.2 Å². The highest BCUT2D eigenvalue weighted by molar-refractivity contribution is 5.69. The lowest BCUT2D eigenvalue weighted by atomic mass is 10.3. The number of rotatable bonds is 7. The molecule has 94 valence electrons. The molecule has 0 bridgehead atoms. The predicted octanol–water partition coefficient (Wildman–Crippen LogP) is 1.36. The first kappa shape index (κ1) is 13.4. The van der Waals surface area contributed by atoms with Gasteiger partial charge in [-0.3, -0.25) is 4.79 Å². The van der Waals surface area contributed by atoms with Crippen molar-refractivity contribution in [2.75, 3.05) is 0 Å². The maximum absolute atomic E-state index is 11.6. The summed E-state index contributed by atoms with van der Waals surface area (Å²) in [6.45, 7) is 3.97. The SMILES string of the molecule is CCC(C)OC(=O)Cn1ccnc1CCC=O. The van der Waals surface area contributed by atoms with Crippen molar-refractivity contribution in [2.45, 2.75) is 45.8 Å². The molecule has 0 saturated heterocycles. The number of hydrogen-bond donors (Lipinski definition) is 0. The smallest absolute Gasteiger partial charge is 0.326 e. The summed E-state index contributed by atoms with van der Waals surface area (Å²) < 4.78 is 6.89. The first-order chi connectivity index (χ1) is 8.17. The summed E-state index contributed by atoms with van der Waals surface area (Å²) in [5.41, 5.74) is 0. The van der Waals surface area contributed by atoms with E-state index in [-0.39, 0.29) is 18.6 Å². The Morgan fingerprint density at radius 2 is 2.41 bits per heavy atom. The standard InChI is InChI=1S/C12H18N2O3/c1-3-10(2)17-12(16)9-14-7-6-13-11(14)5-4-8-15/h6-8,10H,3-5,9H2,1-2H3. The Balaban J connectivity index is 2.52. The van der Waals surface area contributed by atoms with Crippen molar-refractivity contribution in [3.05, 3.63) is 18.2 Å². The number of aldehydes is 1. The zero-order chi connectivity index (χ0) is 12.7. The molecular formula is C12H18N2O3. The zero-order valence-electron chi connectivity index (χ0n) is 10.3. The van der Waals surface area contributed by atoms with Gasteiger partial charge >= 0.3 is 5.97 Å². The number of esters is 1. The van der Waals surface area contributed by atoms with Crippen LogP contribution in [0, 0.1) is 0 Å². The Kier molecular flexibility index (Phi) is 5.39. The fraction of sp³-hybridized carbons (Fsp3) is 0.583. The lowest BCUT2D eigenvalue weighted by Crippen LogP contribution is -2.19. The fourth-order valence-electron chi connectivity index (χ4n) is 1.38. The number of aryl methyl sites for hydroxylation is 1. The molecule has 1 atom stereocenters. The van der Waals surface area contributed by atoms with Crippen molar-refractivity contribution < 1.29 is 14.3 Å². The summed E-state index contributed by atoms with van der Waals surface area (Å²) in [4.78, 5) is 26.0. The van der Waals surface area contributed by atoms with Crippen LogP contribution in [-0.2, 0) is 27.3 Å². The van der Waals surface area contributed by atoms with E-state index in [1.54, 1.807) is 17.0 Å².